The molecule has 1 aliphatic heterocycles. The lowest BCUT2D eigenvalue weighted by atomic mass is 9.97. The molecule has 0 aromatic heterocycles. The fourth-order valence-electron chi connectivity index (χ4n) is 1.68. The molecule has 1 heterocycles. The van der Waals surface area contributed by atoms with E-state index < -0.39 is 5.97 Å². The molecule has 1 aliphatic rings. The lowest BCUT2D eigenvalue weighted by Gasteiger charge is -2.05. The number of fused-ring (bicyclic) bond motifs is 1. The van der Waals surface area contributed by atoms with Gasteiger partial charge in [0.15, 0.2) is 0 Å². The summed E-state index contributed by atoms with van der Waals surface area (Å²) in [7, 11) is 0. The molecule has 0 fully saturated rings. The summed E-state index contributed by atoms with van der Waals surface area (Å²) in [6, 6.07) is 4.53. The smallest absolute Gasteiger partial charge is 0.304 e. The number of carboxylic acids is 1. The molecule has 0 bridgehead atoms. The third-order valence-corrected chi connectivity index (χ3v) is 2.28. The van der Waals surface area contributed by atoms with Crippen LogP contribution in [0, 0.1) is 5.82 Å². The second kappa shape index (κ2) is 3.29. The highest BCUT2D eigenvalue weighted by molar-refractivity contribution is 5.68. The van der Waals surface area contributed by atoms with Crippen LogP contribution >= 0.6 is 0 Å². The van der Waals surface area contributed by atoms with Gasteiger partial charge in [0.05, 0.1) is 13.0 Å². The highest BCUT2D eigenvalue weighted by Gasteiger charge is 2.29. The van der Waals surface area contributed by atoms with Crippen molar-refractivity contribution in [1.29, 1.82) is 0 Å². The van der Waals surface area contributed by atoms with Gasteiger partial charge in [0, 0.05) is 11.5 Å². The van der Waals surface area contributed by atoms with Crippen LogP contribution in [-0.2, 0) is 4.79 Å². The maximum absolute atomic E-state index is 13.3. The summed E-state index contributed by atoms with van der Waals surface area (Å²) in [5.74, 6) is -1.21. The van der Waals surface area contributed by atoms with Crippen LogP contribution in [-0.4, -0.2) is 17.7 Å². The molecule has 1 aromatic carbocycles. The largest absolute Gasteiger partial charge is 0.493 e. The molecule has 0 radical (unpaired) electrons. The quantitative estimate of drug-likeness (QED) is 0.784. The van der Waals surface area contributed by atoms with Gasteiger partial charge in [-0.1, -0.05) is 6.07 Å². The Morgan fingerprint density at radius 3 is 3.14 bits per heavy atom. The van der Waals surface area contributed by atoms with Crippen molar-refractivity contribution in [2.45, 2.75) is 12.3 Å². The number of hydrogen-bond acceptors (Lipinski definition) is 2. The first-order chi connectivity index (χ1) is 6.68. The molecule has 0 saturated carbocycles. The second-order valence-electron chi connectivity index (χ2n) is 3.26. The molecule has 0 saturated heterocycles. The van der Waals surface area contributed by atoms with Gasteiger partial charge in [-0.15, -0.1) is 0 Å². The van der Waals surface area contributed by atoms with Crippen LogP contribution in [0.4, 0.5) is 4.39 Å². The van der Waals surface area contributed by atoms with Gasteiger partial charge in [0.1, 0.15) is 11.6 Å². The minimum absolute atomic E-state index is 0.0894. The van der Waals surface area contributed by atoms with Crippen LogP contribution in [0.1, 0.15) is 17.9 Å². The number of hydrogen-bond donors (Lipinski definition) is 1. The summed E-state index contributed by atoms with van der Waals surface area (Å²) in [6.07, 6.45) is -0.0894. The van der Waals surface area contributed by atoms with E-state index in [0.29, 0.717) is 11.3 Å². The number of ether oxygens (including phenoxy) is 1. The number of benzene rings is 1. The normalized spacial score (nSPS) is 18.8. The molecular weight excluding hydrogens is 187 g/mol. The molecule has 4 heteroatoms. The van der Waals surface area contributed by atoms with E-state index in [-0.39, 0.29) is 24.8 Å². The molecule has 1 N–H and O–H groups in total. The number of carbonyl (C=O) groups is 1. The van der Waals surface area contributed by atoms with Gasteiger partial charge in [0.2, 0.25) is 0 Å². The Kier molecular flexibility index (Phi) is 2.11. The summed E-state index contributed by atoms with van der Waals surface area (Å²) in [6.45, 7) is 0.253. The minimum atomic E-state index is -0.935. The zero-order chi connectivity index (χ0) is 10.1. The Bertz CT molecular complexity index is 376. The van der Waals surface area contributed by atoms with E-state index in [0.717, 1.165) is 0 Å². The predicted octanol–water partition coefficient (Wildman–Crippen LogP) is 1.78. The Morgan fingerprint density at radius 2 is 2.43 bits per heavy atom. The van der Waals surface area contributed by atoms with Crippen LogP contribution < -0.4 is 4.74 Å². The summed E-state index contributed by atoms with van der Waals surface area (Å²) < 4.78 is 18.5. The fraction of sp³-hybridized carbons (Fsp3) is 0.300. The molecule has 0 amide bonds. The van der Waals surface area contributed by atoms with Gasteiger partial charge in [0.25, 0.3) is 0 Å². The van der Waals surface area contributed by atoms with Crippen LogP contribution in [0.3, 0.4) is 0 Å². The first-order valence-electron chi connectivity index (χ1n) is 4.31. The summed E-state index contributed by atoms with van der Waals surface area (Å²) in [5, 5.41) is 8.61. The van der Waals surface area contributed by atoms with E-state index in [4.69, 9.17) is 9.84 Å². The van der Waals surface area contributed by atoms with E-state index in [2.05, 4.69) is 0 Å². The molecule has 3 nitrogen and oxygen atoms in total. The first-order valence-corrected chi connectivity index (χ1v) is 4.31. The minimum Gasteiger partial charge on any atom is -0.493 e. The fourth-order valence-corrected chi connectivity index (χ4v) is 1.68. The van der Waals surface area contributed by atoms with Crippen LogP contribution in [0.5, 0.6) is 5.75 Å². The lowest BCUT2D eigenvalue weighted by Crippen LogP contribution is -2.08. The third kappa shape index (κ3) is 1.43. The van der Waals surface area contributed by atoms with E-state index in [1.807, 2.05) is 0 Å². The summed E-state index contributed by atoms with van der Waals surface area (Å²) in [5.41, 5.74) is 0.398. The maximum atomic E-state index is 13.3. The zero-order valence-corrected chi connectivity index (χ0v) is 7.37. The Morgan fingerprint density at radius 1 is 1.64 bits per heavy atom. The summed E-state index contributed by atoms with van der Waals surface area (Å²) >= 11 is 0. The van der Waals surface area contributed by atoms with E-state index in [1.165, 1.54) is 6.07 Å². The number of rotatable bonds is 2. The van der Waals surface area contributed by atoms with Crippen molar-refractivity contribution >= 4 is 5.97 Å². The van der Waals surface area contributed by atoms with Gasteiger partial charge in [-0.3, -0.25) is 4.79 Å². The van der Waals surface area contributed by atoms with Crippen molar-refractivity contribution in [1.82, 2.24) is 0 Å². The molecule has 2 rings (SSSR count). The average Bonchev–Trinajstić information content (AvgIpc) is 2.49. The second-order valence-corrected chi connectivity index (χ2v) is 3.26. The Balaban J connectivity index is 2.33. The van der Waals surface area contributed by atoms with Gasteiger partial charge >= 0.3 is 5.97 Å². The van der Waals surface area contributed by atoms with Gasteiger partial charge in [-0.05, 0) is 12.1 Å². The third-order valence-electron chi connectivity index (χ3n) is 2.28. The monoisotopic (exact) mass is 196 g/mol. The molecule has 14 heavy (non-hydrogen) atoms. The standard InChI is InChI=1S/C10H9FO3/c11-7-2-1-3-8-10(7)6(5-14-8)4-9(12)13/h1-3,6H,4-5H2,(H,12,13). The van der Waals surface area contributed by atoms with Crippen molar-refractivity contribution in [3.63, 3.8) is 0 Å². The molecule has 1 aromatic rings. The molecule has 0 spiro atoms. The van der Waals surface area contributed by atoms with E-state index in [1.54, 1.807) is 12.1 Å². The highest BCUT2D eigenvalue weighted by atomic mass is 19.1. The predicted molar refractivity (Wildman–Crippen MR) is 46.9 cm³/mol. The molecular formula is C10H9FO3. The number of aliphatic carboxylic acids is 1. The molecule has 1 unspecified atom stereocenters. The number of halogens is 1. The highest BCUT2D eigenvalue weighted by Crippen LogP contribution is 2.37. The molecule has 0 aliphatic carbocycles. The topological polar surface area (TPSA) is 46.5 Å². The van der Waals surface area contributed by atoms with Crippen molar-refractivity contribution in [3.8, 4) is 5.75 Å². The van der Waals surface area contributed by atoms with Crippen LogP contribution in [0.2, 0.25) is 0 Å². The number of carboxylic acid groups (broad SMARTS) is 1. The van der Waals surface area contributed by atoms with Crippen molar-refractivity contribution in [2.75, 3.05) is 6.61 Å². The lowest BCUT2D eigenvalue weighted by molar-refractivity contribution is -0.137. The van der Waals surface area contributed by atoms with Gasteiger partial charge in [-0.25, -0.2) is 4.39 Å². The average molecular weight is 196 g/mol. The van der Waals surface area contributed by atoms with Crippen LogP contribution in [0.15, 0.2) is 18.2 Å². The molecule has 74 valence electrons. The van der Waals surface area contributed by atoms with Crippen molar-refractivity contribution in [3.05, 3.63) is 29.6 Å². The maximum Gasteiger partial charge on any atom is 0.304 e. The Hall–Kier alpha value is -1.58. The summed E-state index contributed by atoms with van der Waals surface area (Å²) in [4.78, 5) is 10.5. The van der Waals surface area contributed by atoms with Gasteiger partial charge in [-0.2, -0.15) is 0 Å². The first kappa shape index (κ1) is 8.99. The van der Waals surface area contributed by atoms with Crippen molar-refractivity contribution < 1.29 is 19.0 Å². The van der Waals surface area contributed by atoms with Crippen LogP contribution in [0.25, 0.3) is 0 Å². The van der Waals surface area contributed by atoms with Gasteiger partial charge < -0.3 is 9.84 Å². The van der Waals surface area contributed by atoms with Crippen molar-refractivity contribution in [2.24, 2.45) is 0 Å². The molecule has 1 atom stereocenters. The van der Waals surface area contributed by atoms with E-state index in [9.17, 15) is 9.18 Å². The zero-order valence-electron chi connectivity index (χ0n) is 7.37. The van der Waals surface area contributed by atoms with E-state index >= 15 is 0 Å². The SMILES string of the molecule is O=C(O)CC1COc2cccc(F)c21. The Labute approximate surface area is 80.1 Å².